The van der Waals surface area contributed by atoms with Gasteiger partial charge in [-0.3, -0.25) is 4.79 Å². The highest BCUT2D eigenvalue weighted by molar-refractivity contribution is 6.04. The van der Waals surface area contributed by atoms with E-state index in [9.17, 15) is 9.90 Å². The lowest BCUT2D eigenvalue weighted by molar-refractivity contribution is 0.0628. The van der Waals surface area contributed by atoms with Crippen LogP contribution in [0, 0.1) is 0 Å². The van der Waals surface area contributed by atoms with Crippen LogP contribution in [-0.4, -0.2) is 91.6 Å². The summed E-state index contributed by atoms with van der Waals surface area (Å²) in [4.78, 5) is 19.8. The fourth-order valence-corrected chi connectivity index (χ4v) is 4.26. The van der Waals surface area contributed by atoms with Gasteiger partial charge in [-0.2, -0.15) is 0 Å². The maximum atomic E-state index is 13.6. The molecule has 30 heavy (non-hydrogen) atoms. The average Bonchev–Trinajstić information content (AvgIpc) is 3.25. The first-order chi connectivity index (χ1) is 14.7. The Bertz CT molecular complexity index is 827. The third-order valence-electron chi connectivity index (χ3n) is 6.06. The average molecular weight is 415 g/mol. The van der Waals surface area contributed by atoms with Gasteiger partial charge in [0.1, 0.15) is 5.56 Å². The molecule has 0 unspecified atom stereocenters. The van der Waals surface area contributed by atoms with Gasteiger partial charge in [-0.15, -0.1) is 0 Å². The minimum Gasteiger partial charge on any atom is -0.395 e. The summed E-state index contributed by atoms with van der Waals surface area (Å²) in [5.74, 6) is 1.11. The molecule has 0 saturated carbocycles. The van der Waals surface area contributed by atoms with E-state index in [1.807, 2.05) is 42.3 Å². The van der Waals surface area contributed by atoms with Gasteiger partial charge in [0.25, 0.3) is 5.91 Å². The fraction of sp³-hybridized carbons (Fsp3) is 0.545. The molecular weight excluding hydrogens is 384 g/mol. The lowest BCUT2D eigenvalue weighted by atomic mass is 10.0. The zero-order chi connectivity index (χ0) is 20.9. The molecular formula is C22H30N4O4. The number of ether oxygens (including phenoxy) is 1. The van der Waals surface area contributed by atoms with E-state index >= 15 is 0 Å². The Hall–Kier alpha value is -2.42. The summed E-state index contributed by atoms with van der Waals surface area (Å²) in [6.45, 7) is 4.78. The molecule has 1 aromatic heterocycles. The minimum atomic E-state index is -0.0279. The molecule has 1 N–H and O–H groups in total. The number of nitrogens with zero attached hydrogens (tertiary/aromatic N) is 4. The SMILES string of the molecule is CN(CCO)C1CCN(C(=O)c2c(N3CCOCC3)noc2-c2ccccc2)CC1. The predicted octanol–water partition coefficient (Wildman–Crippen LogP) is 1.71. The zero-order valence-electron chi connectivity index (χ0n) is 17.5. The van der Waals surface area contributed by atoms with Crippen LogP contribution in [0.1, 0.15) is 23.2 Å². The fourth-order valence-electron chi connectivity index (χ4n) is 4.26. The third kappa shape index (κ3) is 4.35. The molecule has 0 atom stereocenters. The van der Waals surface area contributed by atoms with E-state index in [4.69, 9.17) is 9.26 Å². The number of likely N-dealkylation sites (tertiary alicyclic amines) is 1. The molecule has 8 heteroatoms. The number of hydrogen-bond donors (Lipinski definition) is 1. The number of aromatic nitrogens is 1. The van der Waals surface area contributed by atoms with Gasteiger partial charge >= 0.3 is 0 Å². The summed E-state index contributed by atoms with van der Waals surface area (Å²) in [5, 5.41) is 13.5. The molecule has 2 aliphatic rings. The van der Waals surface area contributed by atoms with E-state index in [0.717, 1.165) is 18.4 Å². The van der Waals surface area contributed by atoms with Gasteiger partial charge < -0.3 is 29.1 Å². The van der Waals surface area contributed by atoms with Crippen molar-refractivity contribution in [3.63, 3.8) is 0 Å². The Balaban J connectivity index is 1.58. The van der Waals surface area contributed by atoms with Gasteiger partial charge in [0.2, 0.25) is 0 Å². The van der Waals surface area contributed by atoms with Crippen molar-refractivity contribution in [2.75, 3.05) is 64.5 Å². The molecule has 1 amide bonds. The summed E-state index contributed by atoms with van der Waals surface area (Å²) < 4.78 is 11.2. The number of morpholine rings is 1. The van der Waals surface area contributed by atoms with Crippen molar-refractivity contribution in [3.05, 3.63) is 35.9 Å². The van der Waals surface area contributed by atoms with Crippen LogP contribution in [-0.2, 0) is 4.74 Å². The summed E-state index contributed by atoms with van der Waals surface area (Å²) >= 11 is 0. The number of amides is 1. The number of hydrogen-bond acceptors (Lipinski definition) is 7. The van der Waals surface area contributed by atoms with Gasteiger partial charge in [0.15, 0.2) is 11.6 Å². The minimum absolute atomic E-state index is 0.0279. The third-order valence-corrected chi connectivity index (χ3v) is 6.06. The number of likely N-dealkylation sites (N-methyl/N-ethyl adjacent to an activating group) is 1. The van der Waals surface area contributed by atoms with Crippen molar-refractivity contribution in [3.8, 4) is 11.3 Å². The van der Waals surface area contributed by atoms with Crippen molar-refractivity contribution < 1.29 is 19.2 Å². The van der Waals surface area contributed by atoms with Crippen LogP contribution in [0.2, 0.25) is 0 Å². The second kappa shape index (κ2) is 9.59. The summed E-state index contributed by atoms with van der Waals surface area (Å²) in [6.07, 6.45) is 1.78. The van der Waals surface area contributed by atoms with Crippen LogP contribution < -0.4 is 4.90 Å². The van der Waals surface area contributed by atoms with E-state index in [-0.39, 0.29) is 12.5 Å². The highest BCUT2D eigenvalue weighted by Gasteiger charge is 2.33. The Labute approximate surface area is 177 Å². The van der Waals surface area contributed by atoms with Crippen LogP contribution in [0.4, 0.5) is 5.82 Å². The smallest absolute Gasteiger partial charge is 0.261 e. The molecule has 3 heterocycles. The first-order valence-corrected chi connectivity index (χ1v) is 10.7. The summed E-state index contributed by atoms with van der Waals surface area (Å²) in [6, 6.07) is 10.1. The van der Waals surface area contributed by atoms with Gasteiger partial charge in [0, 0.05) is 44.3 Å². The first kappa shape index (κ1) is 20.8. The summed E-state index contributed by atoms with van der Waals surface area (Å²) in [5.41, 5.74) is 1.40. The number of piperidine rings is 1. The number of carbonyl (C=O) groups excluding carboxylic acids is 1. The second-order valence-electron chi connectivity index (χ2n) is 7.90. The van der Waals surface area contributed by atoms with Crippen molar-refractivity contribution in [1.82, 2.24) is 15.0 Å². The van der Waals surface area contributed by atoms with E-state index in [1.54, 1.807) is 0 Å². The topological polar surface area (TPSA) is 82.3 Å². The molecule has 0 spiro atoms. The molecule has 4 rings (SSSR count). The number of rotatable bonds is 6. The van der Waals surface area contributed by atoms with Crippen molar-refractivity contribution >= 4 is 11.7 Å². The highest BCUT2D eigenvalue weighted by atomic mass is 16.5. The molecule has 8 nitrogen and oxygen atoms in total. The lowest BCUT2D eigenvalue weighted by Crippen LogP contribution is -2.46. The molecule has 0 bridgehead atoms. The van der Waals surface area contributed by atoms with E-state index in [1.165, 1.54) is 0 Å². The van der Waals surface area contributed by atoms with Crippen LogP contribution in [0.5, 0.6) is 0 Å². The summed E-state index contributed by atoms with van der Waals surface area (Å²) in [7, 11) is 2.03. The largest absolute Gasteiger partial charge is 0.395 e. The molecule has 1 aromatic carbocycles. The van der Waals surface area contributed by atoms with Crippen LogP contribution in [0.25, 0.3) is 11.3 Å². The standard InChI is InChI=1S/C22H30N4O4/c1-24(11-14-27)18-7-9-26(10-8-18)22(28)19-20(17-5-3-2-4-6-17)30-23-21(19)25-12-15-29-16-13-25/h2-6,18,27H,7-16H2,1H3. The number of aliphatic hydroxyl groups excluding tert-OH is 1. The molecule has 0 radical (unpaired) electrons. The number of aliphatic hydroxyl groups is 1. The van der Waals surface area contributed by atoms with Crippen LogP contribution >= 0.6 is 0 Å². The molecule has 0 aliphatic carbocycles. The normalized spacial score (nSPS) is 18.2. The number of anilines is 1. The van der Waals surface area contributed by atoms with E-state index in [0.29, 0.717) is 69.1 Å². The van der Waals surface area contributed by atoms with E-state index in [2.05, 4.69) is 15.0 Å². The zero-order valence-corrected chi connectivity index (χ0v) is 17.5. The molecule has 2 saturated heterocycles. The van der Waals surface area contributed by atoms with Crippen molar-refractivity contribution in [2.45, 2.75) is 18.9 Å². The monoisotopic (exact) mass is 414 g/mol. The number of carbonyl (C=O) groups is 1. The van der Waals surface area contributed by atoms with Crippen LogP contribution in [0.3, 0.4) is 0 Å². The van der Waals surface area contributed by atoms with Crippen molar-refractivity contribution in [2.24, 2.45) is 0 Å². The lowest BCUT2D eigenvalue weighted by Gasteiger charge is -2.36. The Morgan fingerprint density at radius 3 is 2.53 bits per heavy atom. The first-order valence-electron chi connectivity index (χ1n) is 10.7. The van der Waals surface area contributed by atoms with E-state index < -0.39 is 0 Å². The van der Waals surface area contributed by atoms with Gasteiger partial charge in [-0.05, 0) is 19.9 Å². The predicted molar refractivity (Wildman–Crippen MR) is 114 cm³/mol. The Kier molecular flexibility index (Phi) is 6.66. The quantitative estimate of drug-likeness (QED) is 0.770. The van der Waals surface area contributed by atoms with Crippen molar-refractivity contribution in [1.29, 1.82) is 0 Å². The second-order valence-corrected chi connectivity index (χ2v) is 7.90. The Morgan fingerprint density at radius 2 is 1.87 bits per heavy atom. The molecule has 2 aromatic rings. The van der Waals surface area contributed by atoms with Crippen LogP contribution in [0.15, 0.2) is 34.9 Å². The molecule has 2 aliphatic heterocycles. The Morgan fingerprint density at radius 1 is 1.17 bits per heavy atom. The number of benzene rings is 1. The van der Waals surface area contributed by atoms with Gasteiger partial charge in [-0.1, -0.05) is 35.5 Å². The molecule has 162 valence electrons. The highest BCUT2D eigenvalue weighted by Crippen LogP contribution is 2.33. The molecule has 2 fully saturated rings. The van der Waals surface area contributed by atoms with Gasteiger partial charge in [0.05, 0.1) is 19.8 Å². The maximum Gasteiger partial charge on any atom is 0.261 e. The maximum absolute atomic E-state index is 13.6. The van der Waals surface area contributed by atoms with Gasteiger partial charge in [-0.25, -0.2) is 0 Å².